The average Bonchev–Trinajstić information content (AvgIpc) is 2.99. The molecule has 4 heteroatoms. The van der Waals surface area contributed by atoms with Gasteiger partial charge in [0.05, 0.1) is 5.56 Å². The van der Waals surface area contributed by atoms with Crippen molar-refractivity contribution in [2.24, 2.45) is 0 Å². The van der Waals surface area contributed by atoms with Gasteiger partial charge in [-0.3, -0.25) is 0 Å². The average molecular weight is 384 g/mol. The fraction of sp³-hybridized carbons (Fsp3) is 0.250. The van der Waals surface area contributed by atoms with E-state index in [-0.39, 0.29) is 11.1 Å². The quantitative estimate of drug-likeness (QED) is 0.252. The summed E-state index contributed by atoms with van der Waals surface area (Å²) in [6.07, 6.45) is 4.71. The van der Waals surface area contributed by atoms with Crippen molar-refractivity contribution in [3.05, 3.63) is 82.4 Å². The van der Waals surface area contributed by atoms with Crippen LogP contribution in [0, 0.1) is 23.3 Å². The van der Waals surface area contributed by atoms with E-state index in [0.29, 0.717) is 23.6 Å². The lowest BCUT2D eigenvalue weighted by Crippen LogP contribution is -1.98. The molecular weight excluding hydrogens is 364 g/mol. The zero-order chi connectivity index (χ0) is 19.8. The Labute approximate surface area is 161 Å². The first-order valence-electron chi connectivity index (χ1n) is 9.57. The van der Waals surface area contributed by atoms with Crippen molar-refractivity contribution in [2.45, 2.75) is 39.0 Å². The second-order valence-electron chi connectivity index (χ2n) is 7.36. The monoisotopic (exact) mass is 384 g/mol. The van der Waals surface area contributed by atoms with Gasteiger partial charge in [-0.15, -0.1) is 0 Å². The Hall–Kier alpha value is -2.62. The molecular formula is C24H20F4. The minimum Gasteiger partial charge on any atom is -0.207 e. The number of aryl methyl sites for hydroxylation is 1. The summed E-state index contributed by atoms with van der Waals surface area (Å²) in [6.45, 7) is 2.15. The lowest BCUT2D eigenvalue weighted by Gasteiger charge is -2.11. The highest BCUT2D eigenvalue weighted by molar-refractivity contribution is 5.81. The van der Waals surface area contributed by atoms with Crippen LogP contribution in [0.1, 0.15) is 42.9 Å². The highest BCUT2D eigenvalue weighted by Crippen LogP contribution is 2.42. The van der Waals surface area contributed by atoms with E-state index in [0.717, 1.165) is 48.9 Å². The summed E-state index contributed by atoms with van der Waals surface area (Å²) in [5, 5.41) is 0. The summed E-state index contributed by atoms with van der Waals surface area (Å²) < 4.78 is 57.1. The van der Waals surface area contributed by atoms with E-state index >= 15 is 4.39 Å². The number of unbranched alkanes of at least 4 members (excludes halogenated alkanes) is 2. The van der Waals surface area contributed by atoms with E-state index in [1.54, 1.807) is 0 Å². The molecule has 0 amide bonds. The van der Waals surface area contributed by atoms with Gasteiger partial charge in [-0.05, 0) is 58.9 Å². The van der Waals surface area contributed by atoms with Gasteiger partial charge in [0.2, 0.25) is 0 Å². The predicted molar refractivity (Wildman–Crippen MR) is 103 cm³/mol. The van der Waals surface area contributed by atoms with Gasteiger partial charge in [0.25, 0.3) is 0 Å². The fourth-order valence-corrected chi connectivity index (χ4v) is 4.02. The molecule has 1 aliphatic carbocycles. The molecule has 0 bridgehead atoms. The molecule has 1 aliphatic rings. The number of rotatable bonds is 5. The lowest BCUT2D eigenvalue weighted by molar-refractivity contribution is 0.575. The van der Waals surface area contributed by atoms with Crippen molar-refractivity contribution < 1.29 is 17.6 Å². The molecule has 3 aromatic rings. The normalized spacial score (nSPS) is 12.2. The van der Waals surface area contributed by atoms with E-state index in [1.165, 1.54) is 11.6 Å². The maximum Gasteiger partial charge on any atom is 0.138 e. The number of halogens is 4. The molecule has 0 atom stereocenters. The SMILES string of the molecule is CCCCCc1ccc2c(c1)Cc1c-2cc(F)c(-c2cc(F)cc(F)c2)c1F. The fourth-order valence-electron chi connectivity index (χ4n) is 4.02. The van der Waals surface area contributed by atoms with Crippen LogP contribution in [0.2, 0.25) is 0 Å². The van der Waals surface area contributed by atoms with E-state index in [1.807, 2.05) is 12.1 Å². The number of fused-ring (bicyclic) bond motifs is 3. The van der Waals surface area contributed by atoms with Crippen LogP contribution in [0.3, 0.4) is 0 Å². The van der Waals surface area contributed by atoms with Crippen LogP contribution in [0.15, 0.2) is 42.5 Å². The smallest absolute Gasteiger partial charge is 0.138 e. The molecule has 0 aliphatic heterocycles. The standard InChI is InChI=1S/C24H20F4/c1-2-3-4-5-14-6-7-19-15(8-14)11-21-20(19)13-22(27)23(24(21)28)16-9-17(25)12-18(26)10-16/h6-10,12-13H,2-5,11H2,1H3. The molecule has 0 N–H and O–H groups in total. The van der Waals surface area contributed by atoms with Crippen LogP contribution in [-0.4, -0.2) is 0 Å². The summed E-state index contributed by atoms with van der Waals surface area (Å²) in [6, 6.07) is 9.85. The van der Waals surface area contributed by atoms with Crippen LogP contribution in [0.4, 0.5) is 17.6 Å². The maximum absolute atomic E-state index is 15.2. The van der Waals surface area contributed by atoms with Crippen molar-refractivity contribution in [1.82, 2.24) is 0 Å². The first-order valence-corrected chi connectivity index (χ1v) is 9.57. The molecule has 0 heterocycles. The van der Waals surface area contributed by atoms with E-state index in [9.17, 15) is 13.2 Å². The molecule has 0 saturated heterocycles. The Kier molecular flexibility index (Phi) is 4.96. The Morgan fingerprint density at radius 2 is 1.57 bits per heavy atom. The van der Waals surface area contributed by atoms with Crippen molar-refractivity contribution in [2.75, 3.05) is 0 Å². The van der Waals surface area contributed by atoms with Crippen LogP contribution < -0.4 is 0 Å². The minimum atomic E-state index is -0.866. The number of hydrogen-bond acceptors (Lipinski definition) is 0. The molecule has 0 nitrogen and oxygen atoms in total. The van der Waals surface area contributed by atoms with Crippen molar-refractivity contribution in [3.8, 4) is 22.3 Å². The zero-order valence-corrected chi connectivity index (χ0v) is 15.6. The molecule has 3 aromatic carbocycles. The van der Waals surface area contributed by atoms with Gasteiger partial charge in [0.1, 0.15) is 23.3 Å². The first-order chi connectivity index (χ1) is 13.5. The van der Waals surface area contributed by atoms with Crippen LogP contribution in [0.25, 0.3) is 22.3 Å². The van der Waals surface area contributed by atoms with Gasteiger partial charge >= 0.3 is 0 Å². The lowest BCUT2D eigenvalue weighted by atomic mass is 9.97. The third kappa shape index (κ3) is 3.32. The Morgan fingerprint density at radius 3 is 2.29 bits per heavy atom. The zero-order valence-electron chi connectivity index (χ0n) is 15.6. The second-order valence-corrected chi connectivity index (χ2v) is 7.36. The van der Waals surface area contributed by atoms with Gasteiger partial charge in [0.15, 0.2) is 0 Å². The maximum atomic E-state index is 15.2. The summed E-state index contributed by atoms with van der Waals surface area (Å²) in [5.74, 6) is -3.30. The molecule has 0 spiro atoms. The molecule has 0 unspecified atom stereocenters. The molecule has 0 saturated carbocycles. The largest absolute Gasteiger partial charge is 0.207 e. The van der Waals surface area contributed by atoms with Gasteiger partial charge in [-0.1, -0.05) is 38.0 Å². The molecule has 28 heavy (non-hydrogen) atoms. The number of benzene rings is 3. The summed E-state index contributed by atoms with van der Waals surface area (Å²) >= 11 is 0. The van der Waals surface area contributed by atoms with Gasteiger partial charge < -0.3 is 0 Å². The van der Waals surface area contributed by atoms with E-state index < -0.39 is 23.3 Å². The third-order valence-electron chi connectivity index (χ3n) is 5.37. The van der Waals surface area contributed by atoms with Crippen LogP contribution in [0.5, 0.6) is 0 Å². The van der Waals surface area contributed by atoms with Gasteiger partial charge in [-0.2, -0.15) is 0 Å². The highest BCUT2D eigenvalue weighted by atomic mass is 19.1. The summed E-state index contributed by atoms with van der Waals surface area (Å²) in [7, 11) is 0. The van der Waals surface area contributed by atoms with E-state index in [2.05, 4.69) is 13.0 Å². The van der Waals surface area contributed by atoms with Crippen LogP contribution >= 0.6 is 0 Å². The second kappa shape index (κ2) is 7.42. The predicted octanol–water partition coefficient (Wildman–Crippen LogP) is 7.21. The molecule has 144 valence electrons. The van der Waals surface area contributed by atoms with Crippen molar-refractivity contribution in [1.29, 1.82) is 0 Å². The molecule has 0 radical (unpaired) electrons. The highest BCUT2D eigenvalue weighted by Gasteiger charge is 2.27. The topological polar surface area (TPSA) is 0 Å². The first kappa shape index (κ1) is 18.7. The molecule has 4 rings (SSSR count). The van der Waals surface area contributed by atoms with Gasteiger partial charge in [0, 0.05) is 18.1 Å². The summed E-state index contributed by atoms with van der Waals surface area (Å²) in [4.78, 5) is 0. The Balaban J connectivity index is 1.75. The Bertz CT molecular complexity index is 1030. The van der Waals surface area contributed by atoms with Crippen molar-refractivity contribution in [3.63, 3.8) is 0 Å². The molecule has 0 fully saturated rings. The van der Waals surface area contributed by atoms with Crippen LogP contribution in [-0.2, 0) is 12.8 Å². The van der Waals surface area contributed by atoms with Gasteiger partial charge in [-0.25, -0.2) is 17.6 Å². The molecule has 0 aromatic heterocycles. The number of hydrogen-bond donors (Lipinski definition) is 0. The third-order valence-corrected chi connectivity index (χ3v) is 5.37. The van der Waals surface area contributed by atoms with Crippen molar-refractivity contribution >= 4 is 0 Å². The Morgan fingerprint density at radius 1 is 0.821 bits per heavy atom. The minimum absolute atomic E-state index is 0.133. The van der Waals surface area contributed by atoms with E-state index in [4.69, 9.17) is 0 Å². The summed E-state index contributed by atoms with van der Waals surface area (Å²) in [5.41, 5.74) is 3.36.